The Morgan fingerprint density at radius 1 is 0.812 bits per heavy atom. The lowest BCUT2D eigenvalue weighted by Crippen LogP contribution is -2.54. The van der Waals surface area contributed by atoms with Crippen LogP contribution in [0.3, 0.4) is 0 Å². The van der Waals surface area contributed by atoms with Gasteiger partial charge in [-0.3, -0.25) is 4.90 Å². The molecule has 0 unspecified atom stereocenters. The van der Waals surface area contributed by atoms with Crippen LogP contribution in [0, 0.1) is 5.92 Å². The number of piperazine rings is 1. The fourth-order valence-electron chi connectivity index (χ4n) is 6.14. The SMILES string of the molecule is Clc1cccc(N2[C@@H]3CC[C@H]2CN(CCC2CCC(NCc4ccccc4)CC2)C3)c1Cl. The van der Waals surface area contributed by atoms with Crippen LogP contribution in [-0.4, -0.2) is 42.7 Å². The average molecular weight is 473 g/mol. The monoisotopic (exact) mass is 471 g/mol. The molecule has 172 valence electrons. The lowest BCUT2D eigenvalue weighted by Gasteiger charge is -2.43. The second-order valence-corrected chi connectivity index (χ2v) is 10.8. The molecule has 0 amide bonds. The molecule has 3 nitrogen and oxygen atoms in total. The van der Waals surface area contributed by atoms with Crippen molar-refractivity contribution >= 4 is 28.9 Å². The fraction of sp³-hybridized carbons (Fsp3) is 0.556. The summed E-state index contributed by atoms with van der Waals surface area (Å²) in [6.07, 6.45) is 9.27. The Balaban J connectivity index is 1.06. The van der Waals surface area contributed by atoms with Gasteiger partial charge in [0.05, 0.1) is 15.7 Å². The Morgan fingerprint density at radius 3 is 2.25 bits per heavy atom. The normalized spacial score (nSPS) is 28.2. The summed E-state index contributed by atoms with van der Waals surface area (Å²) in [7, 11) is 0. The lowest BCUT2D eigenvalue weighted by atomic mass is 9.84. The number of rotatable bonds is 7. The number of hydrogen-bond donors (Lipinski definition) is 1. The summed E-state index contributed by atoms with van der Waals surface area (Å²) in [6.45, 7) is 4.57. The third-order valence-corrected chi connectivity index (χ3v) is 8.71. The predicted molar refractivity (Wildman–Crippen MR) is 136 cm³/mol. The summed E-state index contributed by atoms with van der Waals surface area (Å²) in [6, 6.07) is 18.7. The number of hydrogen-bond acceptors (Lipinski definition) is 3. The first-order valence-corrected chi connectivity index (χ1v) is 13.1. The number of anilines is 1. The van der Waals surface area contributed by atoms with Crippen LogP contribution in [0.4, 0.5) is 5.69 Å². The number of nitrogens with one attached hydrogen (secondary N) is 1. The molecule has 3 fully saturated rings. The number of nitrogens with zero attached hydrogens (tertiary/aromatic N) is 2. The molecular formula is C27H35Cl2N3. The molecule has 5 heteroatoms. The van der Waals surface area contributed by atoms with Crippen molar-refractivity contribution in [2.75, 3.05) is 24.5 Å². The van der Waals surface area contributed by atoms with E-state index in [9.17, 15) is 0 Å². The van der Waals surface area contributed by atoms with Crippen molar-refractivity contribution < 1.29 is 0 Å². The van der Waals surface area contributed by atoms with Crippen LogP contribution in [0.2, 0.25) is 10.0 Å². The lowest BCUT2D eigenvalue weighted by molar-refractivity contribution is 0.188. The smallest absolute Gasteiger partial charge is 0.0825 e. The van der Waals surface area contributed by atoms with Gasteiger partial charge in [0.1, 0.15) is 0 Å². The van der Waals surface area contributed by atoms with Gasteiger partial charge in [-0.15, -0.1) is 0 Å². The van der Waals surface area contributed by atoms with E-state index < -0.39 is 0 Å². The molecule has 32 heavy (non-hydrogen) atoms. The molecular weight excluding hydrogens is 437 g/mol. The summed E-state index contributed by atoms with van der Waals surface area (Å²) in [5.41, 5.74) is 2.52. The Bertz CT molecular complexity index is 868. The largest absolute Gasteiger partial charge is 0.362 e. The van der Waals surface area contributed by atoms with Crippen LogP contribution in [0.15, 0.2) is 48.5 Å². The van der Waals surface area contributed by atoms with E-state index in [4.69, 9.17) is 23.2 Å². The fourth-order valence-corrected chi connectivity index (χ4v) is 6.53. The predicted octanol–water partition coefficient (Wildman–Crippen LogP) is 6.39. The van der Waals surface area contributed by atoms with Crippen molar-refractivity contribution in [1.82, 2.24) is 10.2 Å². The van der Waals surface area contributed by atoms with Gasteiger partial charge in [0.2, 0.25) is 0 Å². The first-order valence-electron chi connectivity index (χ1n) is 12.4. The minimum absolute atomic E-state index is 0.572. The van der Waals surface area contributed by atoms with Crippen LogP contribution >= 0.6 is 23.2 Å². The van der Waals surface area contributed by atoms with Crippen LogP contribution in [0.25, 0.3) is 0 Å². The molecule has 2 bridgehead atoms. The maximum atomic E-state index is 6.56. The van der Waals surface area contributed by atoms with Crippen molar-refractivity contribution in [1.29, 1.82) is 0 Å². The zero-order valence-corrected chi connectivity index (χ0v) is 20.4. The van der Waals surface area contributed by atoms with Gasteiger partial charge in [0.25, 0.3) is 0 Å². The first-order chi connectivity index (χ1) is 15.7. The van der Waals surface area contributed by atoms with E-state index in [1.54, 1.807) is 0 Å². The van der Waals surface area contributed by atoms with E-state index in [0.717, 1.165) is 36.3 Å². The molecule has 5 rings (SSSR count). The summed E-state index contributed by atoms with van der Waals surface area (Å²) in [5, 5.41) is 5.16. The molecule has 0 spiro atoms. The second kappa shape index (κ2) is 10.3. The third kappa shape index (κ3) is 5.12. The van der Waals surface area contributed by atoms with E-state index in [1.165, 1.54) is 57.1 Å². The van der Waals surface area contributed by atoms with Gasteiger partial charge in [-0.05, 0) is 75.1 Å². The van der Waals surface area contributed by atoms with Crippen LogP contribution in [-0.2, 0) is 6.54 Å². The van der Waals surface area contributed by atoms with Gasteiger partial charge in [0, 0.05) is 37.8 Å². The molecule has 0 radical (unpaired) electrons. The van der Waals surface area contributed by atoms with Crippen LogP contribution in [0.1, 0.15) is 50.5 Å². The maximum absolute atomic E-state index is 6.56. The van der Waals surface area contributed by atoms with Crippen molar-refractivity contribution in [3.63, 3.8) is 0 Å². The highest BCUT2D eigenvalue weighted by atomic mass is 35.5. The Morgan fingerprint density at radius 2 is 1.53 bits per heavy atom. The average Bonchev–Trinajstić information content (AvgIpc) is 3.08. The van der Waals surface area contributed by atoms with Crippen LogP contribution in [0.5, 0.6) is 0 Å². The van der Waals surface area contributed by atoms with Gasteiger partial charge >= 0.3 is 0 Å². The molecule has 2 aromatic carbocycles. The zero-order valence-electron chi connectivity index (χ0n) is 18.9. The summed E-state index contributed by atoms with van der Waals surface area (Å²) in [4.78, 5) is 5.28. The molecule has 0 aromatic heterocycles. The van der Waals surface area contributed by atoms with Crippen LogP contribution < -0.4 is 10.2 Å². The molecule has 2 saturated heterocycles. The zero-order chi connectivity index (χ0) is 21.9. The number of halogens is 2. The molecule has 1 aliphatic carbocycles. The van der Waals surface area contributed by atoms with E-state index >= 15 is 0 Å². The van der Waals surface area contributed by atoms with Crippen molar-refractivity contribution in [2.24, 2.45) is 5.92 Å². The van der Waals surface area contributed by atoms with E-state index in [1.807, 2.05) is 12.1 Å². The Hall–Kier alpha value is -1.26. The molecule has 2 heterocycles. The van der Waals surface area contributed by atoms with Crippen molar-refractivity contribution in [2.45, 2.75) is 69.6 Å². The molecule has 2 aromatic rings. The second-order valence-electron chi connectivity index (χ2n) is 10.00. The van der Waals surface area contributed by atoms with E-state index in [-0.39, 0.29) is 0 Å². The first kappa shape index (κ1) is 22.5. The molecule has 1 saturated carbocycles. The Labute approximate surface area is 203 Å². The topological polar surface area (TPSA) is 18.5 Å². The Kier molecular flexibility index (Phi) is 7.28. The van der Waals surface area contributed by atoms with Gasteiger partial charge in [-0.2, -0.15) is 0 Å². The van der Waals surface area contributed by atoms with Crippen molar-refractivity contribution in [3.05, 3.63) is 64.1 Å². The third-order valence-electron chi connectivity index (χ3n) is 7.91. The van der Waals surface area contributed by atoms with Gasteiger partial charge in [0.15, 0.2) is 0 Å². The summed E-state index contributed by atoms with van der Waals surface area (Å²) in [5.74, 6) is 0.892. The standard InChI is InChI=1S/C27H35Cl2N3/c28-25-7-4-8-26(27(25)29)32-23-13-14-24(32)19-31(18-23)16-15-20-9-11-22(12-10-20)30-17-21-5-2-1-3-6-21/h1-8,20,22-24,30H,9-19H2/t20?,22?,23-,24+. The highest BCUT2D eigenvalue weighted by Crippen LogP contribution is 2.41. The van der Waals surface area contributed by atoms with Gasteiger partial charge in [-0.25, -0.2) is 0 Å². The van der Waals surface area contributed by atoms with Crippen molar-refractivity contribution in [3.8, 4) is 0 Å². The molecule has 1 N–H and O–H groups in total. The summed E-state index contributed by atoms with van der Waals surface area (Å²) < 4.78 is 0. The number of benzene rings is 2. The summed E-state index contributed by atoms with van der Waals surface area (Å²) >= 11 is 12.9. The van der Waals surface area contributed by atoms with Gasteiger partial charge < -0.3 is 10.2 Å². The molecule has 2 atom stereocenters. The van der Waals surface area contributed by atoms with Gasteiger partial charge in [-0.1, -0.05) is 59.6 Å². The minimum Gasteiger partial charge on any atom is -0.362 e. The number of fused-ring (bicyclic) bond motifs is 2. The minimum atomic E-state index is 0.572. The number of likely N-dealkylation sites (tertiary alicyclic amines) is 1. The quantitative estimate of drug-likeness (QED) is 0.504. The molecule has 3 aliphatic rings. The highest BCUT2D eigenvalue weighted by Gasteiger charge is 2.40. The molecule has 2 aliphatic heterocycles. The highest BCUT2D eigenvalue weighted by molar-refractivity contribution is 6.43. The van der Waals surface area contributed by atoms with E-state index in [2.05, 4.69) is 51.5 Å². The van der Waals surface area contributed by atoms with E-state index in [0.29, 0.717) is 23.1 Å². The maximum Gasteiger partial charge on any atom is 0.0825 e.